The van der Waals surface area contributed by atoms with Gasteiger partial charge in [0.25, 0.3) is 0 Å². The van der Waals surface area contributed by atoms with Crippen LogP contribution >= 0.6 is 35.0 Å². The lowest BCUT2D eigenvalue weighted by molar-refractivity contribution is -0.133. The summed E-state index contributed by atoms with van der Waals surface area (Å²) in [6.45, 7) is 0.761. The van der Waals surface area contributed by atoms with E-state index in [4.69, 9.17) is 28.9 Å². The molecule has 1 fully saturated rings. The minimum Gasteiger partial charge on any atom is -0.334 e. The Morgan fingerprint density at radius 3 is 2.90 bits per heavy atom. The Morgan fingerprint density at radius 1 is 1.48 bits per heavy atom. The normalized spacial score (nSPS) is 19.8. The van der Waals surface area contributed by atoms with Crippen molar-refractivity contribution < 1.29 is 4.79 Å². The Bertz CT molecular complexity index is 512. The molecule has 0 radical (unpaired) electrons. The fourth-order valence-electron chi connectivity index (χ4n) is 2.68. The van der Waals surface area contributed by atoms with Gasteiger partial charge in [0.2, 0.25) is 5.91 Å². The second-order valence-corrected chi connectivity index (χ2v) is 7.05. The number of halogens is 2. The minimum absolute atomic E-state index is 0.0395. The molecular weight excluding hydrogens is 327 g/mol. The summed E-state index contributed by atoms with van der Waals surface area (Å²) in [4.78, 5) is 14.4. The molecule has 1 amide bonds. The molecule has 1 heterocycles. The van der Waals surface area contributed by atoms with Crippen LogP contribution in [-0.4, -0.2) is 35.4 Å². The molecule has 2 atom stereocenters. The third kappa shape index (κ3) is 4.07. The molecule has 116 valence electrons. The van der Waals surface area contributed by atoms with Gasteiger partial charge in [-0.25, -0.2) is 0 Å². The molecular formula is C15H20Cl2N2OS. The van der Waals surface area contributed by atoms with E-state index in [0.717, 1.165) is 30.7 Å². The van der Waals surface area contributed by atoms with Crippen molar-refractivity contribution in [1.29, 1.82) is 0 Å². The zero-order chi connectivity index (χ0) is 15.4. The van der Waals surface area contributed by atoms with Gasteiger partial charge in [-0.2, -0.15) is 11.8 Å². The van der Waals surface area contributed by atoms with Crippen molar-refractivity contribution in [3.05, 3.63) is 33.8 Å². The van der Waals surface area contributed by atoms with Crippen LogP contribution < -0.4 is 5.73 Å². The van der Waals surface area contributed by atoms with Gasteiger partial charge < -0.3 is 10.6 Å². The van der Waals surface area contributed by atoms with Crippen molar-refractivity contribution in [2.45, 2.75) is 31.3 Å². The lowest BCUT2D eigenvalue weighted by Crippen LogP contribution is -2.43. The lowest BCUT2D eigenvalue weighted by atomic mass is 10.0. The second kappa shape index (κ2) is 7.73. The van der Waals surface area contributed by atoms with Gasteiger partial charge >= 0.3 is 0 Å². The number of hydrogen-bond donors (Lipinski definition) is 1. The second-order valence-electron chi connectivity index (χ2n) is 5.25. The molecule has 2 N–H and O–H groups in total. The molecule has 21 heavy (non-hydrogen) atoms. The first kappa shape index (κ1) is 16.9. The van der Waals surface area contributed by atoms with Crippen molar-refractivity contribution >= 4 is 40.9 Å². The number of benzene rings is 1. The van der Waals surface area contributed by atoms with E-state index < -0.39 is 6.04 Å². The minimum atomic E-state index is -0.416. The van der Waals surface area contributed by atoms with Gasteiger partial charge in [-0.15, -0.1) is 0 Å². The summed E-state index contributed by atoms with van der Waals surface area (Å²) in [6, 6.07) is 5.23. The Morgan fingerprint density at radius 2 is 2.24 bits per heavy atom. The lowest BCUT2D eigenvalue weighted by Gasteiger charge is -2.28. The van der Waals surface area contributed by atoms with Crippen molar-refractivity contribution in [3.63, 3.8) is 0 Å². The molecule has 0 saturated carbocycles. The average Bonchev–Trinajstić information content (AvgIpc) is 2.96. The molecule has 1 unspecified atom stereocenters. The highest BCUT2D eigenvalue weighted by molar-refractivity contribution is 7.98. The SMILES string of the molecule is CSCC[C@H](N)C(=O)N1CCCC1c1ccc(Cl)c(Cl)c1. The molecule has 3 nitrogen and oxygen atoms in total. The first-order chi connectivity index (χ1) is 10.0. The standard InChI is InChI=1S/C15H20Cl2N2OS/c1-21-8-6-13(18)15(20)19-7-2-3-14(19)10-4-5-11(16)12(17)9-10/h4-5,9,13-14H,2-3,6-8,18H2,1H3/t13-,14?/m0/s1. The number of amides is 1. The van der Waals surface area contributed by atoms with Gasteiger partial charge in [-0.05, 0) is 49.0 Å². The third-order valence-electron chi connectivity index (χ3n) is 3.81. The quantitative estimate of drug-likeness (QED) is 0.883. The molecule has 2 rings (SSSR count). The summed E-state index contributed by atoms with van der Waals surface area (Å²) in [5, 5.41) is 1.06. The van der Waals surface area contributed by atoms with Crippen molar-refractivity contribution in [2.24, 2.45) is 5.73 Å². The number of carbonyl (C=O) groups excluding carboxylic acids is 1. The number of rotatable bonds is 5. The van der Waals surface area contributed by atoms with Gasteiger partial charge in [0.15, 0.2) is 0 Å². The zero-order valence-corrected chi connectivity index (χ0v) is 14.3. The molecule has 1 saturated heterocycles. The molecule has 0 aromatic heterocycles. The van der Waals surface area contributed by atoms with Gasteiger partial charge in [0.1, 0.15) is 0 Å². The van der Waals surface area contributed by atoms with Crippen LogP contribution in [-0.2, 0) is 4.79 Å². The number of nitrogens with zero attached hydrogens (tertiary/aromatic N) is 1. The molecule has 1 aliphatic rings. The maximum atomic E-state index is 12.5. The summed E-state index contributed by atoms with van der Waals surface area (Å²) in [5.74, 6) is 0.940. The maximum Gasteiger partial charge on any atom is 0.240 e. The van der Waals surface area contributed by atoms with Crippen LogP contribution in [0.3, 0.4) is 0 Å². The predicted octanol–water partition coefficient (Wildman–Crippen LogP) is 3.74. The summed E-state index contributed by atoms with van der Waals surface area (Å²) >= 11 is 13.8. The number of nitrogens with two attached hydrogens (primary N) is 1. The Hall–Kier alpha value is -0.420. The van der Waals surface area contributed by atoms with Crippen molar-refractivity contribution in [3.8, 4) is 0 Å². The molecule has 1 aromatic carbocycles. The van der Waals surface area contributed by atoms with E-state index >= 15 is 0 Å². The molecule has 0 aliphatic carbocycles. The third-order valence-corrected chi connectivity index (χ3v) is 5.20. The monoisotopic (exact) mass is 346 g/mol. The van der Waals surface area contributed by atoms with Crippen LogP contribution in [0.2, 0.25) is 10.0 Å². The van der Waals surface area contributed by atoms with Crippen LogP contribution in [0.1, 0.15) is 30.9 Å². The van der Waals surface area contributed by atoms with E-state index in [9.17, 15) is 4.79 Å². The van der Waals surface area contributed by atoms with E-state index in [1.807, 2.05) is 23.3 Å². The van der Waals surface area contributed by atoms with Gasteiger partial charge in [-0.1, -0.05) is 29.3 Å². The number of likely N-dealkylation sites (tertiary alicyclic amines) is 1. The van der Waals surface area contributed by atoms with Crippen LogP contribution in [0.5, 0.6) is 0 Å². The van der Waals surface area contributed by atoms with Crippen molar-refractivity contribution in [2.75, 3.05) is 18.6 Å². The first-order valence-electron chi connectivity index (χ1n) is 7.04. The largest absolute Gasteiger partial charge is 0.334 e. The van der Waals surface area contributed by atoms with Crippen molar-refractivity contribution in [1.82, 2.24) is 4.90 Å². The topological polar surface area (TPSA) is 46.3 Å². The van der Waals surface area contributed by atoms with Crippen LogP contribution in [0.25, 0.3) is 0 Å². The molecule has 0 spiro atoms. The number of hydrogen-bond acceptors (Lipinski definition) is 3. The van der Waals surface area contributed by atoms with E-state index in [1.54, 1.807) is 17.8 Å². The molecule has 1 aliphatic heterocycles. The molecule has 1 aromatic rings. The van der Waals surface area contributed by atoms with E-state index in [-0.39, 0.29) is 11.9 Å². The summed E-state index contributed by atoms with van der Waals surface area (Å²) < 4.78 is 0. The van der Waals surface area contributed by atoms with Crippen LogP contribution in [0, 0.1) is 0 Å². The smallest absolute Gasteiger partial charge is 0.240 e. The van der Waals surface area contributed by atoms with Crippen LogP contribution in [0.4, 0.5) is 0 Å². The van der Waals surface area contributed by atoms with Gasteiger partial charge in [0, 0.05) is 6.54 Å². The summed E-state index contributed by atoms with van der Waals surface area (Å²) in [7, 11) is 0. The van der Waals surface area contributed by atoms with E-state index in [1.165, 1.54) is 0 Å². The molecule has 6 heteroatoms. The fraction of sp³-hybridized carbons (Fsp3) is 0.533. The number of carbonyl (C=O) groups is 1. The van der Waals surface area contributed by atoms with Gasteiger partial charge in [-0.3, -0.25) is 4.79 Å². The highest BCUT2D eigenvalue weighted by Crippen LogP contribution is 2.35. The summed E-state index contributed by atoms with van der Waals surface area (Å²) in [6.07, 6.45) is 4.67. The highest BCUT2D eigenvalue weighted by Gasteiger charge is 2.32. The van der Waals surface area contributed by atoms with E-state index in [0.29, 0.717) is 16.5 Å². The maximum absolute atomic E-state index is 12.5. The average molecular weight is 347 g/mol. The Kier molecular flexibility index (Phi) is 6.23. The van der Waals surface area contributed by atoms with E-state index in [2.05, 4.69) is 0 Å². The van der Waals surface area contributed by atoms with Gasteiger partial charge in [0.05, 0.1) is 22.1 Å². The first-order valence-corrected chi connectivity index (χ1v) is 9.19. The Labute approximate surface area is 140 Å². The predicted molar refractivity (Wildman–Crippen MR) is 91.1 cm³/mol. The van der Waals surface area contributed by atoms with Crippen LogP contribution in [0.15, 0.2) is 18.2 Å². The number of thioether (sulfide) groups is 1. The highest BCUT2D eigenvalue weighted by atomic mass is 35.5. The molecule has 0 bridgehead atoms. The Balaban J connectivity index is 2.12. The summed E-state index contributed by atoms with van der Waals surface area (Å²) in [5.41, 5.74) is 7.06. The zero-order valence-electron chi connectivity index (χ0n) is 12.0. The fourth-order valence-corrected chi connectivity index (χ4v) is 3.47.